The van der Waals surface area contributed by atoms with Crippen LogP contribution in [0.1, 0.15) is 26.2 Å². The lowest BCUT2D eigenvalue weighted by Gasteiger charge is -2.33. The Balaban J connectivity index is 1.79. The number of amides is 1. The lowest BCUT2D eigenvalue weighted by atomic mass is 10.0. The molecule has 1 amide bonds. The number of likely N-dealkylation sites (N-methyl/N-ethyl adjacent to an activating group) is 1. The van der Waals surface area contributed by atoms with Gasteiger partial charge in [-0.25, -0.2) is 0 Å². The van der Waals surface area contributed by atoms with E-state index in [4.69, 9.17) is 0 Å². The Hall–Kier alpha value is -0.610. The number of nitrogens with zero attached hydrogens (tertiary/aromatic N) is 2. The number of carbonyl (C=O) groups excluding carboxylic acids is 1. The van der Waals surface area contributed by atoms with Crippen molar-refractivity contribution in [2.24, 2.45) is 5.92 Å². The second-order valence-corrected chi connectivity index (χ2v) is 5.65. The molecule has 4 heteroatoms. The summed E-state index contributed by atoms with van der Waals surface area (Å²) in [4.78, 5) is 16.4. The third-order valence-corrected chi connectivity index (χ3v) is 4.05. The van der Waals surface area contributed by atoms with Gasteiger partial charge in [0.05, 0.1) is 6.54 Å². The molecule has 0 saturated carbocycles. The highest BCUT2D eigenvalue weighted by atomic mass is 16.2. The maximum atomic E-state index is 12.2. The molecule has 0 aliphatic carbocycles. The third-order valence-electron chi connectivity index (χ3n) is 4.05. The Kier molecular flexibility index (Phi) is 4.40. The van der Waals surface area contributed by atoms with Crippen LogP contribution in [0.15, 0.2) is 0 Å². The quantitative estimate of drug-likeness (QED) is 0.781. The second kappa shape index (κ2) is 5.83. The molecule has 0 bridgehead atoms. The Morgan fingerprint density at radius 2 is 2.29 bits per heavy atom. The highest BCUT2D eigenvalue weighted by Crippen LogP contribution is 2.16. The summed E-state index contributed by atoms with van der Waals surface area (Å²) in [6.07, 6.45) is 3.61. The van der Waals surface area contributed by atoms with Crippen LogP contribution in [-0.4, -0.2) is 61.5 Å². The van der Waals surface area contributed by atoms with E-state index in [1.54, 1.807) is 0 Å². The number of likely N-dealkylation sites (tertiary alicyclic amines) is 1. The van der Waals surface area contributed by atoms with E-state index in [1.165, 1.54) is 19.3 Å². The molecule has 0 spiro atoms. The first kappa shape index (κ1) is 12.8. The van der Waals surface area contributed by atoms with Crippen LogP contribution in [0.4, 0.5) is 0 Å². The van der Waals surface area contributed by atoms with E-state index in [0.29, 0.717) is 24.4 Å². The zero-order chi connectivity index (χ0) is 12.3. The van der Waals surface area contributed by atoms with Gasteiger partial charge < -0.3 is 10.2 Å². The molecule has 98 valence electrons. The lowest BCUT2D eigenvalue weighted by Crippen LogP contribution is -2.46. The molecule has 2 atom stereocenters. The highest BCUT2D eigenvalue weighted by molar-refractivity contribution is 5.78. The van der Waals surface area contributed by atoms with Crippen molar-refractivity contribution in [2.75, 3.05) is 39.8 Å². The Bertz CT molecular complexity index is 263. The third kappa shape index (κ3) is 3.42. The van der Waals surface area contributed by atoms with Gasteiger partial charge >= 0.3 is 0 Å². The molecule has 2 unspecified atom stereocenters. The number of rotatable bonds is 3. The Labute approximate surface area is 104 Å². The first-order valence-corrected chi connectivity index (χ1v) is 6.85. The fourth-order valence-corrected chi connectivity index (χ4v) is 2.87. The summed E-state index contributed by atoms with van der Waals surface area (Å²) in [5.41, 5.74) is 0. The predicted molar refractivity (Wildman–Crippen MR) is 68.9 cm³/mol. The van der Waals surface area contributed by atoms with E-state index in [2.05, 4.69) is 24.2 Å². The van der Waals surface area contributed by atoms with Crippen LogP contribution in [-0.2, 0) is 4.79 Å². The first-order chi connectivity index (χ1) is 8.16. The van der Waals surface area contributed by atoms with Crippen LogP contribution in [0.3, 0.4) is 0 Å². The molecule has 17 heavy (non-hydrogen) atoms. The maximum Gasteiger partial charge on any atom is 0.236 e. The molecule has 2 rings (SSSR count). The molecule has 4 nitrogen and oxygen atoms in total. The van der Waals surface area contributed by atoms with E-state index in [0.717, 1.165) is 26.2 Å². The molecule has 0 radical (unpaired) electrons. The summed E-state index contributed by atoms with van der Waals surface area (Å²) >= 11 is 0. The Morgan fingerprint density at radius 3 is 2.94 bits per heavy atom. The van der Waals surface area contributed by atoms with Gasteiger partial charge in [0.25, 0.3) is 0 Å². The highest BCUT2D eigenvalue weighted by Gasteiger charge is 2.25. The van der Waals surface area contributed by atoms with Crippen molar-refractivity contribution in [1.29, 1.82) is 0 Å². The van der Waals surface area contributed by atoms with E-state index >= 15 is 0 Å². The molecule has 2 aliphatic heterocycles. The molecule has 2 saturated heterocycles. The minimum absolute atomic E-state index is 0.311. The number of carbonyl (C=O) groups is 1. The van der Waals surface area contributed by atoms with Crippen molar-refractivity contribution in [2.45, 2.75) is 32.2 Å². The minimum atomic E-state index is 0.311. The van der Waals surface area contributed by atoms with Crippen LogP contribution < -0.4 is 5.32 Å². The predicted octanol–water partition coefficient (Wildman–Crippen LogP) is 0.539. The molecule has 2 aliphatic rings. The van der Waals surface area contributed by atoms with Crippen LogP contribution in [0, 0.1) is 5.92 Å². The molecule has 0 aromatic heterocycles. The standard InChI is InChI=1S/C13H25N3O/c1-11-4-3-7-16(9-11)13(17)10-15(2)12-5-6-14-8-12/h11-12,14H,3-10H2,1-2H3. The largest absolute Gasteiger partial charge is 0.341 e. The molecule has 2 heterocycles. The summed E-state index contributed by atoms with van der Waals surface area (Å²) < 4.78 is 0. The number of hydrogen-bond donors (Lipinski definition) is 1. The summed E-state index contributed by atoms with van der Waals surface area (Å²) in [7, 11) is 2.07. The van der Waals surface area contributed by atoms with Gasteiger partial charge in [0.15, 0.2) is 0 Å². The average Bonchev–Trinajstić information content (AvgIpc) is 2.82. The molecule has 0 aromatic carbocycles. The summed E-state index contributed by atoms with van der Waals surface area (Å²) in [5, 5.41) is 3.35. The number of hydrogen-bond acceptors (Lipinski definition) is 3. The zero-order valence-corrected chi connectivity index (χ0v) is 11.1. The van der Waals surface area contributed by atoms with Gasteiger partial charge in [-0.15, -0.1) is 0 Å². The topological polar surface area (TPSA) is 35.6 Å². The average molecular weight is 239 g/mol. The van der Waals surface area contributed by atoms with Crippen LogP contribution in [0.5, 0.6) is 0 Å². The summed E-state index contributed by atoms with van der Waals surface area (Å²) in [5.74, 6) is 0.983. The van der Waals surface area contributed by atoms with Gasteiger partial charge in [0.1, 0.15) is 0 Å². The SMILES string of the molecule is CC1CCCN(C(=O)CN(C)C2CCNC2)C1. The normalized spacial score (nSPS) is 29.9. The number of piperidine rings is 1. The van der Waals surface area contributed by atoms with Gasteiger partial charge in [-0.2, -0.15) is 0 Å². The first-order valence-electron chi connectivity index (χ1n) is 6.85. The fourth-order valence-electron chi connectivity index (χ4n) is 2.87. The molecular formula is C13H25N3O. The number of nitrogens with one attached hydrogen (secondary N) is 1. The van der Waals surface area contributed by atoms with Gasteiger partial charge in [-0.05, 0) is 38.8 Å². The smallest absolute Gasteiger partial charge is 0.236 e. The minimum Gasteiger partial charge on any atom is -0.341 e. The van der Waals surface area contributed by atoms with Crippen molar-refractivity contribution in [3.63, 3.8) is 0 Å². The lowest BCUT2D eigenvalue weighted by molar-refractivity contribution is -0.134. The molecule has 0 aromatic rings. The van der Waals surface area contributed by atoms with Crippen molar-refractivity contribution in [1.82, 2.24) is 15.1 Å². The van der Waals surface area contributed by atoms with Crippen LogP contribution in [0.25, 0.3) is 0 Å². The Morgan fingerprint density at radius 1 is 1.47 bits per heavy atom. The summed E-state index contributed by atoms with van der Waals surface area (Å²) in [6, 6.07) is 0.543. The van der Waals surface area contributed by atoms with Gasteiger partial charge in [0.2, 0.25) is 5.91 Å². The van der Waals surface area contributed by atoms with E-state index in [-0.39, 0.29) is 0 Å². The van der Waals surface area contributed by atoms with Gasteiger partial charge in [0, 0.05) is 25.7 Å². The van der Waals surface area contributed by atoms with Gasteiger partial charge in [-0.3, -0.25) is 9.69 Å². The monoisotopic (exact) mass is 239 g/mol. The molecular weight excluding hydrogens is 214 g/mol. The zero-order valence-electron chi connectivity index (χ0n) is 11.1. The second-order valence-electron chi connectivity index (χ2n) is 5.65. The van der Waals surface area contributed by atoms with Crippen molar-refractivity contribution in [3.05, 3.63) is 0 Å². The maximum absolute atomic E-state index is 12.2. The van der Waals surface area contributed by atoms with E-state index < -0.39 is 0 Å². The van der Waals surface area contributed by atoms with E-state index in [9.17, 15) is 4.79 Å². The van der Waals surface area contributed by atoms with Gasteiger partial charge in [-0.1, -0.05) is 6.92 Å². The van der Waals surface area contributed by atoms with E-state index in [1.807, 2.05) is 4.90 Å². The summed E-state index contributed by atoms with van der Waals surface area (Å²) in [6.45, 7) is 6.85. The molecule has 2 fully saturated rings. The fraction of sp³-hybridized carbons (Fsp3) is 0.923. The van der Waals surface area contributed by atoms with Crippen molar-refractivity contribution < 1.29 is 4.79 Å². The van der Waals surface area contributed by atoms with Crippen molar-refractivity contribution in [3.8, 4) is 0 Å². The van der Waals surface area contributed by atoms with Crippen molar-refractivity contribution >= 4 is 5.91 Å². The van der Waals surface area contributed by atoms with Crippen LogP contribution in [0.2, 0.25) is 0 Å². The van der Waals surface area contributed by atoms with Crippen LogP contribution >= 0.6 is 0 Å². The molecule has 1 N–H and O–H groups in total.